The van der Waals surface area contributed by atoms with Gasteiger partial charge in [-0.1, -0.05) is 18.2 Å². The Labute approximate surface area is 145 Å². The summed E-state index contributed by atoms with van der Waals surface area (Å²) < 4.78 is 10.6. The highest BCUT2D eigenvalue weighted by Crippen LogP contribution is 2.32. The fourth-order valence-corrected chi connectivity index (χ4v) is 2.40. The molecule has 2 N–H and O–H groups in total. The molecule has 0 unspecified atom stereocenters. The van der Waals surface area contributed by atoms with E-state index in [2.05, 4.69) is 17.2 Å². The summed E-state index contributed by atoms with van der Waals surface area (Å²) >= 11 is 0. The second-order valence-corrected chi connectivity index (χ2v) is 5.45. The highest BCUT2D eigenvalue weighted by molar-refractivity contribution is 5.99. The lowest BCUT2D eigenvalue weighted by atomic mass is 10.1. The molecule has 2 aromatic rings. The Morgan fingerprint density at radius 2 is 1.72 bits per heavy atom. The van der Waals surface area contributed by atoms with E-state index >= 15 is 0 Å². The molecule has 2 amide bonds. The fourth-order valence-electron chi connectivity index (χ4n) is 2.40. The van der Waals surface area contributed by atoms with E-state index < -0.39 is 0 Å². The van der Waals surface area contributed by atoms with E-state index in [1.165, 1.54) is 0 Å². The zero-order valence-electron chi connectivity index (χ0n) is 13.6. The summed E-state index contributed by atoms with van der Waals surface area (Å²) in [6, 6.07) is 12.1. The standard InChI is InChI=1S/C19H18N2O4/c1-2-8-20-18(22)14-4-3-5-15(10-14)19(23)21-11-13-6-7-16-17(9-13)25-12-24-16/h2-7,9-10H,1,8,11-12H2,(H,20,22)(H,21,23). The summed E-state index contributed by atoms with van der Waals surface area (Å²) in [7, 11) is 0. The molecule has 0 saturated carbocycles. The lowest BCUT2D eigenvalue weighted by Crippen LogP contribution is -2.25. The zero-order valence-corrected chi connectivity index (χ0v) is 13.6. The molecule has 0 fully saturated rings. The quantitative estimate of drug-likeness (QED) is 0.792. The van der Waals surface area contributed by atoms with Gasteiger partial charge in [0, 0.05) is 24.2 Å². The number of hydrogen-bond acceptors (Lipinski definition) is 4. The number of nitrogens with one attached hydrogen (secondary N) is 2. The molecular formula is C19H18N2O4. The van der Waals surface area contributed by atoms with Gasteiger partial charge in [0.2, 0.25) is 6.79 Å². The topological polar surface area (TPSA) is 76.7 Å². The van der Waals surface area contributed by atoms with Crippen LogP contribution >= 0.6 is 0 Å². The molecule has 0 atom stereocenters. The van der Waals surface area contributed by atoms with Crippen LogP contribution in [0.25, 0.3) is 0 Å². The van der Waals surface area contributed by atoms with Crippen LogP contribution in [0.1, 0.15) is 26.3 Å². The first-order chi connectivity index (χ1) is 12.2. The fraction of sp³-hybridized carbons (Fsp3) is 0.158. The van der Waals surface area contributed by atoms with E-state index in [0.717, 1.165) is 5.56 Å². The third kappa shape index (κ3) is 3.98. The minimum Gasteiger partial charge on any atom is -0.454 e. The van der Waals surface area contributed by atoms with Gasteiger partial charge in [0.15, 0.2) is 11.5 Å². The van der Waals surface area contributed by atoms with Crippen molar-refractivity contribution in [3.8, 4) is 11.5 Å². The maximum atomic E-state index is 12.3. The van der Waals surface area contributed by atoms with Crippen molar-refractivity contribution in [2.24, 2.45) is 0 Å². The number of carbonyl (C=O) groups is 2. The van der Waals surface area contributed by atoms with Crippen molar-refractivity contribution in [3.63, 3.8) is 0 Å². The van der Waals surface area contributed by atoms with Gasteiger partial charge in [0.05, 0.1) is 0 Å². The highest BCUT2D eigenvalue weighted by atomic mass is 16.7. The predicted molar refractivity (Wildman–Crippen MR) is 92.7 cm³/mol. The summed E-state index contributed by atoms with van der Waals surface area (Å²) in [5, 5.41) is 5.51. The lowest BCUT2D eigenvalue weighted by Gasteiger charge is -2.08. The van der Waals surface area contributed by atoms with Gasteiger partial charge >= 0.3 is 0 Å². The first-order valence-corrected chi connectivity index (χ1v) is 7.83. The lowest BCUT2D eigenvalue weighted by molar-refractivity contribution is 0.0950. The number of carbonyl (C=O) groups excluding carboxylic acids is 2. The van der Waals surface area contributed by atoms with Crippen molar-refractivity contribution in [2.45, 2.75) is 6.54 Å². The average Bonchev–Trinajstić information content (AvgIpc) is 3.12. The van der Waals surface area contributed by atoms with E-state index in [-0.39, 0.29) is 18.6 Å². The molecule has 6 nitrogen and oxygen atoms in total. The van der Waals surface area contributed by atoms with Crippen LogP contribution in [-0.2, 0) is 6.54 Å². The molecule has 1 aliphatic rings. The van der Waals surface area contributed by atoms with Crippen LogP contribution in [0.4, 0.5) is 0 Å². The molecule has 3 rings (SSSR count). The van der Waals surface area contributed by atoms with Gasteiger partial charge in [-0.15, -0.1) is 6.58 Å². The number of amides is 2. The highest BCUT2D eigenvalue weighted by Gasteiger charge is 2.14. The summed E-state index contributed by atoms with van der Waals surface area (Å²) in [6.45, 7) is 4.49. The molecule has 6 heteroatoms. The third-order valence-electron chi connectivity index (χ3n) is 3.68. The van der Waals surface area contributed by atoms with Crippen molar-refractivity contribution in [1.29, 1.82) is 0 Å². The molecule has 25 heavy (non-hydrogen) atoms. The molecule has 0 saturated heterocycles. The summed E-state index contributed by atoms with van der Waals surface area (Å²) in [5.41, 5.74) is 1.75. The monoisotopic (exact) mass is 338 g/mol. The van der Waals surface area contributed by atoms with Crippen LogP contribution in [0.2, 0.25) is 0 Å². The second kappa shape index (κ2) is 7.53. The maximum absolute atomic E-state index is 12.3. The molecule has 128 valence electrons. The van der Waals surface area contributed by atoms with Crippen LogP contribution in [0, 0.1) is 0 Å². The number of ether oxygens (including phenoxy) is 2. The Balaban J connectivity index is 1.63. The largest absolute Gasteiger partial charge is 0.454 e. The first kappa shape index (κ1) is 16.6. The van der Waals surface area contributed by atoms with Gasteiger partial charge in [0.25, 0.3) is 11.8 Å². The summed E-state index contributed by atoms with van der Waals surface area (Å²) in [4.78, 5) is 24.3. The van der Waals surface area contributed by atoms with E-state index in [1.54, 1.807) is 30.3 Å². The van der Waals surface area contributed by atoms with Crippen LogP contribution in [-0.4, -0.2) is 25.2 Å². The molecule has 1 heterocycles. The van der Waals surface area contributed by atoms with Gasteiger partial charge in [-0.05, 0) is 35.9 Å². The van der Waals surface area contributed by atoms with Gasteiger partial charge in [0.1, 0.15) is 0 Å². The number of hydrogen-bond donors (Lipinski definition) is 2. The van der Waals surface area contributed by atoms with E-state index in [9.17, 15) is 9.59 Å². The molecular weight excluding hydrogens is 320 g/mol. The van der Waals surface area contributed by atoms with Crippen molar-refractivity contribution >= 4 is 11.8 Å². The molecule has 2 aromatic carbocycles. The summed E-state index contributed by atoms with van der Waals surface area (Å²) in [5.74, 6) is 0.877. The molecule has 0 spiro atoms. The van der Waals surface area contributed by atoms with Gasteiger partial charge in [-0.2, -0.15) is 0 Å². The first-order valence-electron chi connectivity index (χ1n) is 7.83. The van der Waals surface area contributed by atoms with Crippen LogP contribution in [0.5, 0.6) is 11.5 Å². The molecule has 0 aliphatic carbocycles. The van der Waals surface area contributed by atoms with Crippen LogP contribution < -0.4 is 20.1 Å². The normalized spacial score (nSPS) is 11.7. The number of fused-ring (bicyclic) bond motifs is 1. The van der Waals surface area contributed by atoms with Crippen LogP contribution in [0.15, 0.2) is 55.1 Å². The van der Waals surface area contributed by atoms with E-state index in [1.807, 2.05) is 18.2 Å². The molecule has 1 aliphatic heterocycles. The Bertz CT molecular complexity index is 817. The van der Waals surface area contributed by atoms with Crippen molar-refractivity contribution in [3.05, 3.63) is 71.8 Å². The zero-order chi connectivity index (χ0) is 17.6. The van der Waals surface area contributed by atoms with Crippen molar-refractivity contribution < 1.29 is 19.1 Å². The maximum Gasteiger partial charge on any atom is 0.251 e. The predicted octanol–water partition coefficient (Wildman–Crippen LogP) is 2.26. The van der Waals surface area contributed by atoms with Gasteiger partial charge in [-0.25, -0.2) is 0 Å². The SMILES string of the molecule is C=CCNC(=O)c1cccc(C(=O)NCc2ccc3c(c2)OCO3)c1. The smallest absolute Gasteiger partial charge is 0.251 e. The third-order valence-corrected chi connectivity index (χ3v) is 3.68. The minimum absolute atomic E-state index is 0.214. The van der Waals surface area contributed by atoms with Crippen molar-refractivity contribution in [2.75, 3.05) is 13.3 Å². The molecule has 0 bridgehead atoms. The van der Waals surface area contributed by atoms with Gasteiger partial charge in [-0.3, -0.25) is 9.59 Å². The Hall–Kier alpha value is -3.28. The summed E-state index contributed by atoms with van der Waals surface area (Å²) in [6.07, 6.45) is 1.60. The number of rotatable bonds is 6. The molecule has 0 aromatic heterocycles. The number of benzene rings is 2. The second-order valence-electron chi connectivity index (χ2n) is 5.45. The molecule has 0 radical (unpaired) electrons. The Morgan fingerprint density at radius 3 is 2.48 bits per heavy atom. The Kier molecular flexibility index (Phi) is 4.99. The van der Waals surface area contributed by atoms with Crippen LogP contribution in [0.3, 0.4) is 0 Å². The van der Waals surface area contributed by atoms with Crippen molar-refractivity contribution in [1.82, 2.24) is 10.6 Å². The van der Waals surface area contributed by atoms with E-state index in [0.29, 0.717) is 35.7 Å². The minimum atomic E-state index is -0.254. The van der Waals surface area contributed by atoms with Gasteiger partial charge < -0.3 is 20.1 Å². The average molecular weight is 338 g/mol. The Morgan fingerprint density at radius 1 is 1.00 bits per heavy atom. The van der Waals surface area contributed by atoms with E-state index in [4.69, 9.17) is 9.47 Å².